The Hall–Kier alpha value is -2.91. The van der Waals surface area contributed by atoms with Gasteiger partial charge in [0.15, 0.2) is 6.29 Å². The Bertz CT molecular complexity index is 1010. The van der Waals surface area contributed by atoms with Crippen molar-refractivity contribution < 1.29 is 28.6 Å². The third-order valence-electron chi connectivity index (χ3n) is 5.01. The lowest BCUT2D eigenvalue weighted by molar-refractivity contribution is 0.0196. The molecule has 10 heteroatoms. The van der Waals surface area contributed by atoms with Gasteiger partial charge >= 0.3 is 6.09 Å². The average Bonchev–Trinajstić information content (AvgIpc) is 2.76. The number of ether oxygens (including phenoxy) is 2. The van der Waals surface area contributed by atoms with Crippen molar-refractivity contribution in [2.24, 2.45) is 0 Å². The van der Waals surface area contributed by atoms with E-state index in [1.54, 1.807) is 37.8 Å². The summed E-state index contributed by atoms with van der Waals surface area (Å²) in [6.45, 7) is 5.86. The van der Waals surface area contributed by atoms with Gasteiger partial charge in [0.25, 0.3) is 0 Å². The zero-order chi connectivity index (χ0) is 24.2. The number of aliphatic hydroxyl groups is 1. The molecular formula is C23H27ClFN3O5. The molecule has 0 bridgehead atoms. The average molecular weight is 480 g/mol. The van der Waals surface area contributed by atoms with Gasteiger partial charge in [-0.15, -0.1) is 0 Å². The maximum Gasteiger partial charge on any atom is 0.410 e. The molecule has 0 unspecified atom stereocenters. The van der Waals surface area contributed by atoms with Gasteiger partial charge in [0, 0.05) is 36.3 Å². The number of carbonyl (C=O) groups excluding carboxylic acids is 2. The van der Waals surface area contributed by atoms with Crippen LogP contribution < -0.4 is 9.64 Å². The molecule has 0 aliphatic carbocycles. The number of aliphatic hydroxyl groups excluding tert-OH is 1. The number of hydrogen-bond acceptors (Lipinski definition) is 7. The van der Waals surface area contributed by atoms with E-state index in [9.17, 15) is 19.1 Å². The SMILES string of the molecule is CC(C)(C)OC(=O)N1CCN(c2nc(OCc3ccc(Cl)cc3F)ccc2C=O)[C@H](CO)C1. The normalized spacial score (nSPS) is 16.5. The van der Waals surface area contributed by atoms with Gasteiger partial charge in [0.1, 0.15) is 23.8 Å². The molecule has 1 saturated heterocycles. The smallest absolute Gasteiger partial charge is 0.410 e. The molecule has 1 aliphatic rings. The topological polar surface area (TPSA) is 92.2 Å². The first-order valence-electron chi connectivity index (χ1n) is 10.5. The number of aromatic nitrogens is 1. The first-order valence-corrected chi connectivity index (χ1v) is 10.9. The van der Waals surface area contributed by atoms with Gasteiger partial charge in [0.05, 0.1) is 18.2 Å². The minimum Gasteiger partial charge on any atom is -0.473 e. The second-order valence-electron chi connectivity index (χ2n) is 8.66. The number of benzene rings is 1. The number of nitrogens with zero attached hydrogens (tertiary/aromatic N) is 3. The first kappa shape index (κ1) is 24.7. The van der Waals surface area contributed by atoms with Crippen LogP contribution in [0, 0.1) is 5.82 Å². The van der Waals surface area contributed by atoms with E-state index in [1.807, 2.05) is 0 Å². The van der Waals surface area contributed by atoms with Crippen molar-refractivity contribution in [3.05, 3.63) is 52.3 Å². The van der Waals surface area contributed by atoms with Crippen LogP contribution in [0.2, 0.25) is 5.02 Å². The Kier molecular flexibility index (Phi) is 7.76. The molecule has 0 spiro atoms. The van der Waals surface area contributed by atoms with Gasteiger partial charge in [-0.2, -0.15) is 4.98 Å². The second kappa shape index (κ2) is 10.4. The highest BCUT2D eigenvalue weighted by molar-refractivity contribution is 6.30. The molecule has 1 aliphatic heterocycles. The number of hydrogen-bond donors (Lipinski definition) is 1. The van der Waals surface area contributed by atoms with Gasteiger partial charge in [0.2, 0.25) is 5.88 Å². The summed E-state index contributed by atoms with van der Waals surface area (Å²) < 4.78 is 25.1. The van der Waals surface area contributed by atoms with Crippen molar-refractivity contribution in [3.8, 4) is 5.88 Å². The summed E-state index contributed by atoms with van der Waals surface area (Å²) in [7, 11) is 0. The molecule has 2 heterocycles. The minimum absolute atomic E-state index is 0.0777. The van der Waals surface area contributed by atoms with Crippen molar-refractivity contribution in [1.82, 2.24) is 9.88 Å². The minimum atomic E-state index is -0.635. The highest BCUT2D eigenvalue weighted by Crippen LogP contribution is 2.26. The molecule has 8 nitrogen and oxygen atoms in total. The molecule has 178 valence electrons. The van der Waals surface area contributed by atoms with Crippen molar-refractivity contribution in [1.29, 1.82) is 0 Å². The molecule has 2 aromatic rings. The highest BCUT2D eigenvalue weighted by atomic mass is 35.5. The molecule has 1 aromatic carbocycles. The van der Waals surface area contributed by atoms with E-state index in [-0.39, 0.29) is 30.7 Å². The number of anilines is 1. The molecule has 0 radical (unpaired) electrons. The van der Waals surface area contributed by atoms with Crippen LogP contribution in [-0.4, -0.2) is 65.3 Å². The molecule has 1 aromatic heterocycles. The Morgan fingerprint density at radius 3 is 2.70 bits per heavy atom. The monoisotopic (exact) mass is 479 g/mol. The number of halogens is 2. The van der Waals surface area contributed by atoms with E-state index in [4.69, 9.17) is 21.1 Å². The summed E-state index contributed by atoms with van der Waals surface area (Å²) in [5.41, 5.74) is -0.0182. The third-order valence-corrected chi connectivity index (χ3v) is 5.25. The molecule has 1 amide bonds. The molecular weight excluding hydrogens is 453 g/mol. The number of piperazine rings is 1. The Balaban J connectivity index is 1.77. The quantitative estimate of drug-likeness (QED) is 0.632. The standard InChI is InChI=1S/C23H27ClFN3O5/c1-23(2,3)33-22(31)27-8-9-28(18(11-27)13-30)21-15(12-29)5-7-20(26-21)32-14-16-4-6-17(24)10-19(16)25/h4-7,10,12,18,30H,8-9,11,13-14H2,1-3H3/t18-/m0/s1. The maximum absolute atomic E-state index is 14.0. The lowest BCUT2D eigenvalue weighted by Crippen LogP contribution is -2.57. The van der Waals surface area contributed by atoms with Crippen LogP contribution in [0.25, 0.3) is 0 Å². The molecule has 1 fully saturated rings. The van der Waals surface area contributed by atoms with Crippen LogP contribution >= 0.6 is 11.6 Å². The Labute approximate surface area is 196 Å². The number of carbonyl (C=O) groups is 2. The van der Waals surface area contributed by atoms with Gasteiger partial charge in [-0.3, -0.25) is 4.79 Å². The van der Waals surface area contributed by atoms with E-state index >= 15 is 0 Å². The van der Waals surface area contributed by atoms with Crippen LogP contribution in [-0.2, 0) is 11.3 Å². The van der Waals surface area contributed by atoms with E-state index in [0.29, 0.717) is 36.3 Å². The summed E-state index contributed by atoms with van der Waals surface area (Å²) >= 11 is 5.78. The van der Waals surface area contributed by atoms with Gasteiger partial charge < -0.3 is 24.4 Å². The van der Waals surface area contributed by atoms with Gasteiger partial charge in [-0.1, -0.05) is 17.7 Å². The predicted octanol–water partition coefficient (Wildman–Crippen LogP) is 3.68. The van der Waals surface area contributed by atoms with Gasteiger partial charge in [-0.25, -0.2) is 9.18 Å². The van der Waals surface area contributed by atoms with Crippen molar-refractivity contribution in [2.45, 2.75) is 39.0 Å². The fourth-order valence-electron chi connectivity index (χ4n) is 3.42. The van der Waals surface area contributed by atoms with E-state index in [1.165, 1.54) is 23.1 Å². The predicted molar refractivity (Wildman–Crippen MR) is 121 cm³/mol. The molecule has 1 N–H and O–H groups in total. The van der Waals surface area contributed by atoms with Crippen molar-refractivity contribution in [3.63, 3.8) is 0 Å². The third kappa shape index (κ3) is 6.33. The summed E-state index contributed by atoms with van der Waals surface area (Å²) in [6, 6.07) is 6.86. The summed E-state index contributed by atoms with van der Waals surface area (Å²) in [5, 5.41) is 10.3. The molecule has 33 heavy (non-hydrogen) atoms. The molecule has 3 rings (SSSR count). The fraction of sp³-hybridized carbons (Fsp3) is 0.435. The molecule has 1 atom stereocenters. The summed E-state index contributed by atoms with van der Waals surface area (Å²) in [6.07, 6.45) is 0.200. The second-order valence-corrected chi connectivity index (χ2v) is 9.10. The van der Waals surface area contributed by atoms with E-state index in [2.05, 4.69) is 4.98 Å². The van der Waals surface area contributed by atoms with Crippen LogP contribution in [0.15, 0.2) is 30.3 Å². The maximum atomic E-state index is 14.0. The number of amides is 1. The lowest BCUT2D eigenvalue weighted by Gasteiger charge is -2.41. The Morgan fingerprint density at radius 2 is 2.06 bits per heavy atom. The molecule has 0 saturated carbocycles. The number of aldehydes is 1. The van der Waals surface area contributed by atoms with Crippen LogP contribution in [0.4, 0.5) is 15.0 Å². The first-order chi connectivity index (χ1) is 15.6. The van der Waals surface area contributed by atoms with Crippen LogP contribution in [0.1, 0.15) is 36.7 Å². The lowest BCUT2D eigenvalue weighted by atomic mass is 10.1. The summed E-state index contributed by atoms with van der Waals surface area (Å²) in [5.74, 6) is 0.0176. The van der Waals surface area contributed by atoms with E-state index in [0.717, 1.165) is 0 Å². The van der Waals surface area contributed by atoms with Crippen molar-refractivity contribution >= 4 is 29.8 Å². The Morgan fingerprint density at radius 1 is 1.30 bits per heavy atom. The highest BCUT2D eigenvalue weighted by Gasteiger charge is 2.33. The van der Waals surface area contributed by atoms with E-state index < -0.39 is 23.6 Å². The largest absolute Gasteiger partial charge is 0.473 e. The zero-order valence-electron chi connectivity index (χ0n) is 18.8. The van der Waals surface area contributed by atoms with Crippen molar-refractivity contribution in [2.75, 3.05) is 31.1 Å². The number of pyridine rings is 1. The zero-order valence-corrected chi connectivity index (χ0v) is 19.5. The van der Waals surface area contributed by atoms with Gasteiger partial charge in [-0.05, 0) is 39.0 Å². The van der Waals surface area contributed by atoms with Crippen LogP contribution in [0.3, 0.4) is 0 Å². The number of rotatable bonds is 6. The fourth-order valence-corrected chi connectivity index (χ4v) is 3.58. The van der Waals surface area contributed by atoms with Crippen LogP contribution in [0.5, 0.6) is 5.88 Å². The summed E-state index contributed by atoms with van der Waals surface area (Å²) in [4.78, 5) is 31.8.